The second-order valence-corrected chi connectivity index (χ2v) is 12.4. The Labute approximate surface area is 222 Å². The van der Waals surface area contributed by atoms with Crippen LogP contribution in [0.1, 0.15) is 77.8 Å². The summed E-state index contributed by atoms with van der Waals surface area (Å²) in [4.78, 5) is 20.6. The van der Waals surface area contributed by atoms with Crippen LogP contribution in [0.3, 0.4) is 0 Å². The van der Waals surface area contributed by atoms with E-state index in [1.807, 2.05) is 23.8 Å². The highest BCUT2D eigenvalue weighted by molar-refractivity contribution is 7.92. The molecule has 0 bridgehead atoms. The summed E-state index contributed by atoms with van der Waals surface area (Å²) < 4.78 is 28.1. The molecule has 2 fully saturated rings. The van der Waals surface area contributed by atoms with E-state index in [2.05, 4.69) is 17.0 Å². The fourth-order valence-electron chi connectivity index (χ4n) is 5.73. The van der Waals surface area contributed by atoms with E-state index in [-0.39, 0.29) is 23.2 Å². The number of carbonyl (C=O) groups is 1. The van der Waals surface area contributed by atoms with Crippen LogP contribution < -0.4 is 10.0 Å². The molecule has 5 rings (SSSR count). The van der Waals surface area contributed by atoms with Gasteiger partial charge in [0.15, 0.2) is 5.65 Å². The molecule has 0 spiro atoms. The lowest BCUT2D eigenvalue weighted by molar-refractivity contribution is 0.0607. The summed E-state index contributed by atoms with van der Waals surface area (Å²) >= 11 is 6.20. The van der Waals surface area contributed by atoms with Gasteiger partial charge in [0.25, 0.3) is 5.91 Å². The number of nitrogens with zero attached hydrogens (tertiary/aromatic N) is 4. The predicted octanol–water partition coefficient (Wildman–Crippen LogP) is 4.29. The van der Waals surface area contributed by atoms with Crippen molar-refractivity contribution in [2.45, 2.75) is 63.5 Å². The lowest BCUT2D eigenvalue weighted by Gasteiger charge is -2.35. The van der Waals surface area contributed by atoms with Gasteiger partial charge < -0.3 is 10.2 Å². The van der Waals surface area contributed by atoms with Crippen molar-refractivity contribution in [3.8, 4) is 0 Å². The van der Waals surface area contributed by atoms with Gasteiger partial charge in [-0.2, -0.15) is 5.10 Å². The standard InChI is InChI=1S/C26H33ClN6O3S/c1-16-15-33-24(29-25(16)17-7-9-19(12-17)28-2)14-22(30-33)23-6-4-5-11-32(23)26(34)20-13-18(27)8-10-21(20)31-37(3,35)36/h8,10,13-15,17,19,23,28,31H,4-7,9,11-12H2,1-3H3/t17?,19-,23-/m0/s1. The summed E-state index contributed by atoms with van der Waals surface area (Å²) in [6, 6.07) is 6.88. The first-order valence-electron chi connectivity index (χ1n) is 12.8. The van der Waals surface area contributed by atoms with Crippen molar-refractivity contribution in [1.82, 2.24) is 24.8 Å². The molecule has 0 radical (unpaired) electrons. The van der Waals surface area contributed by atoms with Crippen molar-refractivity contribution in [2.24, 2.45) is 0 Å². The Balaban J connectivity index is 1.47. The summed E-state index contributed by atoms with van der Waals surface area (Å²) in [5, 5.41) is 8.58. The van der Waals surface area contributed by atoms with Gasteiger partial charge in [-0.25, -0.2) is 17.9 Å². The molecular formula is C26H33ClN6O3S. The van der Waals surface area contributed by atoms with Crippen LogP contribution in [0.4, 0.5) is 5.69 Å². The fraction of sp³-hybridized carbons (Fsp3) is 0.500. The zero-order chi connectivity index (χ0) is 26.3. The van der Waals surface area contributed by atoms with Gasteiger partial charge in [-0.05, 0) is 76.3 Å². The number of amides is 1. The van der Waals surface area contributed by atoms with Gasteiger partial charge in [-0.3, -0.25) is 9.52 Å². The number of hydrogen-bond donors (Lipinski definition) is 2. The van der Waals surface area contributed by atoms with E-state index in [4.69, 9.17) is 21.7 Å². The van der Waals surface area contributed by atoms with E-state index in [1.165, 1.54) is 12.1 Å². The average molecular weight is 545 g/mol. The molecule has 2 aliphatic rings. The number of aromatic nitrogens is 3. The zero-order valence-electron chi connectivity index (χ0n) is 21.4. The van der Waals surface area contributed by atoms with E-state index < -0.39 is 10.0 Å². The molecule has 3 aromatic rings. The molecule has 198 valence electrons. The number of anilines is 1. The lowest BCUT2D eigenvalue weighted by Crippen LogP contribution is -2.39. The van der Waals surface area contributed by atoms with Crippen molar-refractivity contribution in [2.75, 3.05) is 24.6 Å². The van der Waals surface area contributed by atoms with Gasteiger partial charge >= 0.3 is 0 Å². The molecule has 1 saturated heterocycles. The Kier molecular flexibility index (Phi) is 7.17. The third-order valence-electron chi connectivity index (χ3n) is 7.53. The maximum absolute atomic E-state index is 13.8. The first-order valence-corrected chi connectivity index (χ1v) is 15.0. The topological polar surface area (TPSA) is 109 Å². The first-order chi connectivity index (χ1) is 17.6. The van der Waals surface area contributed by atoms with Crippen molar-refractivity contribution in [3.63, 3.8) is 0 Å². The molecule has 11 heteroatoms. The van der Waals surface area contributed by atoms with Gasteiger partial charge in [0, 0.05) is 35.8 Å². The Bertz CT molecular complexity index is 1440. The van der Waals surface area contributed by atoms with E-state index in [0.29, 0.717) is 23.5 Å². The summed E-state index contributed by atoms with van der Waals surface area (Å²) in [6.45, 7) is 2.63. The van der Waals surface area contributed by atoms with Crippen LogP contribution in [0, 0.1) is 6.92 Å². The number of halogens is 1. The minimum Gasteiger partial charge on any atom is -0.330 e. The summed E-state index contributed by atoms with van der Waals surface area (Å²) in [5.41, 5.74) is 4.26. The van der Waals surface area contributed by atoms with E-state index in [0.717, 1.165) is 67.4 Å². The number of carbonyl (C=O) groups excluding carboxylic acids is 1. The Hall–Kier alpha value is -2.69. The molecule has 37 heavy (non-hydrogen) atoms. The molecule has 3 heterocycles. The van der Waals surface area contributed by atoms with Crippen LogP contribution in [-0.4, -0.2) is 59.7 Å². The molecule has 1 aromatic carbocycles. The van der Waals surface area contributed by atoms with Crippen LogP contribution in [-0.2, 0) is 10.0 Å². The van der Waals surface area contributed by atoms with Crippen molar-refractivity contribution >= 4 is 38.9 Å². The van der Waals surface area contributed by atoms with Gasteiger partial charge in [-0.15, -0.1) is 0 Å². The Morgan fingerprint density at radius 2 is 1.97 bits per heavy atom. The lowest BCUT2D eigenvalue weighted by atomic mass is 9.97. The molecule has 1 unspecified atom stereocenters. The number of piperidine rings is 1. The second kappa shape index (κ2) is 10.2. The van der Waals surface area contributed by atoms with Crippen molar-refractivity contribution < 1.29 is 13.2 Å². The van der Waals surface area contributed by atoms with Crippen LogP contribution >= 0.6 is 11.6 Å². The number of fused-ring (bicyclic) bond motifs is 1. The van der Waals surface area contributed by atoms with Crippen LogP contribution in [0.2, 0.25) is 5.02 Å². The third-order valence-corrected chi connectivity index (χ3v) is 8.36. The highest BCUT2D eigenvalue weighted by Gasteiger charge is 2.33. The highest BCUT2D eigenvalue weighted by atomic mass is 35.5. The van der Waals surface area contributed by atoms with E-state index in [1.54, 1.807) is 11.0 Å². The molecule has 2 aromatic heterocycles. The van der Waals surface area contributed by atoms with Crippen LogP contribution in [0.5, 0.6) is 0 Å². The maximum Gasteiger partial charge on any atom is 0.256 e. The van der Waals surface area contributed by atoms with Crippen LogP contribution in [0.15, 0.2) is 30.5 Å². The number of nitrogens with one attached hydrogen (secondary N) is 2. The average Bonchev–Trinajstić information content (AvgIpc) is 3.50. The second-order valence-electron chi connectivity index (χ2n) is 10.3. The molecule has 1 saturated carbocycles. The number of hydrogen-bond acceptors (Lipinski definition) is 6. The van der Waals surface area contributed by atoms with Gasteiger partial charge in [-0.1, -0.05) is 11.6 Å². The van der Waals surface area contributed by atoms with Crippen LogP contribution in [0.25, 0.3) is 5.65 Å². The number of aryl methyl sites for hydroxylation is 1. The summed E-state index contributed by atoms with van der Waals surface area (Å²) in [6.07, 6.45) is 9.04. The molecule has 2 N–H and O–H groups in total. The largest absolute Gasteiger partial charge is 0.330 e. The smallest absolute Gasteiger partial charge is 0.256 e. The normalized spacial score (nSPS) is 22.5. The Morgan fingerprint density at radius 1 is 1.16 bits per heavy atom. The minimum absolute atomic E-state index is 0.217. The van der Waals surface area contributed by atoms with Gasteiger partial charge in [0.05, 0.1) is 34.9 Å². The monoisotopic (exact) mass is 544 g/mol. The highest BCUT2D eigenvalue weighted by Crippen LogP contribution is 2.37. The molecular weight excluding hydrogens is 512 g/mol. The minimum atomic E-state index is -3.57. The fourth-order valence-corrected chi connectivity index (χ4v) is 6.48. The zero-order valence-corrected chi connectivity index (χ0v) is 22.9. The summed E-state index contributed by atoms with van der Waals surface area (Å²) in [7, 11) is -1.56. The Morgan fingerprint density at radius 3 is 2.70 bits per heavy atom. The third kappa shape index (κ3) is 5.46. The number of benzene rings is 1. The molecule has 9 nitrogen and oxygen atoms in total. The quantitative estimate of drug-likeness (QED) is 0.479. The van der Waals surface area contributed by atoms with Gasteiger partial charge in [0.2, 0.25) is 10.0 Å². The SMILES string of the molecule is CN[C@H]1CCC(c2nc3cc([C@@H]4CCCCN4C(=O)c4cc(Cl)ccc4NS(C)(=O)=O)nn3cc2C)C1. The molecule has 1 amide bonds. The number of rotatable bonds is 6. The predicted molar refractivity (Wildman–Crippen MR) is 145 cm³/mol. The summed E-state index contributed by atoms with van der Waals surface area (Å²) in [5.74, 6) is 0.154. The van der Waals surface area contributed by atoms with E-state index in [9.17, 15) is 13.2 Å². The number of likely N-dealkylation sites (tertiary alicyclic amines) is 1. The molecule has 3 atom stereocenters. The van der Waals surface area contributed by atoms with Gasteiger partial charge in [0.1, 0.15) is 0 Å². The maximum atomic E-state index is 13.8. The molecule has 1 aliphatic heterocycles. The van der Waals surface area contributed by atoms with E-state index >= 15 is 0 Å². The van der Waals surface area contributed by atoms with Crippen molar-refractivity contribution in [3.05, 3.63) is 58.0 Å². The number of sulfonamides is 1. The first kappa shape index (κ1) is 25.9. The molecule has 1 aliphatic carbocycles. The van der Waals surface area contributed by atoms with Crippen molar-refractivity contribution in [1.29, 1.82) is 0 Å².